The number of amides is 1. The van der Waals surface area contributed by atoms with Crippen molar-refractivity contribution >= 4 is 11.9 Å². The Bertz CT molecular complexity index is 193. The summed E-state index contributed by atoms with van der Waals surface area (Å²) in [4.78, 5) is 21.7. The smallest absolute Gasteiger partial charge is 0.326 e. The Labute approximate surface area is 83.4 Å². The van der Waals surface area contributed by atoms with Gasteiger partial charge in [-0.15, -0.1) is 0 Å². The van der Waals surface area contributed by atoms with Gasteiger partial charge in [0.05, 0.1) is 0 Å². The predicted octanol–water partition coefficient (Wildman–Crippen LogP) is 0.392. The average Bonchev–Trinajstić information content (AvgIpc) is 2.12. The van der Waals surface area contributed by atoms with Crippen LogP contribution in [0.1, 0.15) is 26.2 Å². The van der Waals surface area contributed by atoms with Gasteiger partial charge < -0.3 is 15.2 Å². The van der Waals surface area contributed by atoms with Gasteiger partial charge in [-0.05, 0) is 6.42 Å². The van der Waals surface area contributed by atoms with Crippen LogP contribution in [0.2, 0.25) is 0 Å². The average molecular weight is 203 g/mol. The monoisotopic (exact) mass is 203 g/mol. The number of rotatable bonds is 7. The fourth-order valence-corrected chi connectivity index (χ4v) is 1.03. The van der Waals surface area contributed by atoms with Crippen LogP contribution in [0.3, 0.4) is 0 Å². The van der Waals surface area contributed by atoms with Crippen molar-refractivity contribution in [2.24, 2.45) is 0 Å². The molecule has 0 aromatic carbocycles. The number of hydrogen-bond donors (Lipinski definition) is 2. The molecule has 0 radical (unpaired) electrons. The summed E-state index contributed by atoms with van der Waals surface area (Å²) >= 11 is 0. The summed E-state index contributed by atoms with van der Waals surface area (Å²) in [5.74, 6) is -1.39. The lowest BCUT2D eigenvalue weighted by atomic mass is 10.1. The van der Waals surface area contributed by atoms with E-state index in [2.05, 4.69) is 10.1 Å². The summed E-state index contributed by atoms with van der Waals surface area (Å²) in [5.41, 5.74) is 0. The molecule has 1 atom stereocenters. The molecule has 5 nitrogen and oxygen atoms in total. The Morgan fingerprint density at radius 2 is 2.14 bits per heavy atom. The van der Waals surface area contributed by atoms with Gasteiger partial charge in [0, 0.05) is 7.11 Å². The molecule has 14 heavy (non-hydrogen) atoms. The number of ether oxygens (including phenoxy) is 1. The molecule has 0 heterocycles. The zero-order valence-electron chi connectivity index (χ0n) is 8.58. The summed E-state index contributed by atoms with van der Waals surface area (Å²) in [7, 11) is 1.39. The first kappa shape index (κ1) is 12.9. The summed E-state index contributed by atoms with van der Waals surface area (Å²) < 4.78 is 4.58. The lowest BCUT2D eigenvalue weighted by Crippen LogP contribution is -2.42. The van der Waals surface area contributed by atoms with Crippen LogP contribution in [0.5, 0.6) is 0 Å². The SMILES string of the molecule is CCCC[C@H](NC(=O)COC)C(=O)O. The third-order valence-electron chi connectivity index (χ3n) is 1.76. The molecule has 0 unspecified atom stereocenters. The van der Waals surface area contributed by atoms with Gasteiger partial charge in [0.15, 0.2) is 0 Å². The van der Waals surface area contributed by atoms with E-state index in [-0.39, 0.29) is 6.61 Å². The molecule has 0 aliphatic heterocycles. The second kappa shape index (κ2) is 7.32. The fraction of sp³-hybridized carbons (Fsp3) is 0.778. The van der Waals surface area contributed by atoms with Crippen LogP contribution in [0.25, 0.3) is 0 Å². The number of nitrogens with one attached hydrogen (secondary N) is 1. The van der Waals surface area contributed by atoms with E-state index in [4.69, 9.17) is 5.11 Å². The highest BCUT2D eigenvalue weighted by molar-refractivity contribution is 5.84. The van der Waals surface area contributed by atoms with Crippen LogP contribution >= 0.6 is 0 Å². The molecule has 0 aliphatic rings. The largest absolute Gasteiger partial charge is 0.480 e. The van der Waals surface area contributed by atoms with Gasteiger partial charge in [-0.2, -0.15) is 0 Å². The van der Waals surface area contributed by atoms with Crippen molar-refractivity contribution in [3.63, 3.8) is 0 Å². The van der Waals surface area contributed by atoms with Crippen LogP contribution in [-0.2, 0) is 14.3 Å². The molecule has 0 aliphatic carbocycles. The first-order valence-corrected chi connectivity index (χ1v) is 4.63. The topological polar surface area (TPSA) is 75.6 Å². The summed E-state index contributed by atoms with van der Waals surface area (Å²) in [6.45, 7) is 1.87. The maximum absolute atomic E-state index is 11.0. The highest BCUT2D eigenvalue weighted by Crippen LogP contribution is 2.00. The number of carboxylic acids is 1. The van der Waals surface area contributed by atoms with Crippen molar-refractivity contribution in [2.75, 3.05) is 13.7 Å². The van der Waals surface area contributed by atoms with E-state index in [1.54, 1.807) is 0 Å². The molecule has 0 aromatic rings. The molecular formula is C9H17NO4. The Kier molecular flexibility index (Phi) is 6.74. The predicted molar refractivity (Wildman–Crippen MR) is 51.0 cm³/mol. The quantitative estimate of drug-likeness (QED) is 0.627. The van der Waals surface area contributed by atoms with Gasteiger partial charge >= 0.3 is 5.97 Å². The lowest BCUT2D eigenvalue weighted by molar-refractivity contribution is -0.142. The normalized spacial score (nSPS) is 12.1. The Balaban J connectivity index is 3.95. The van der Waals surface area contributed by atoms with Crippen molar-refractivity contribution in [2.45, 2.75) is 32.2 Å². The van der Waals surface area contributed by atoms with Gasteiger partial charge in [-0.25, -0.2) is 4.79 Å². The fourth-order valence-electron chi connectivity index (χ4n) is 1.03. The van der Waals surface area contributed by atoms with Crippen molar-refractivity contribution in [3.05, 3.63) is 0 Å². The van der Waals surface area contributed by atoms with Gasteiger partial charge in [0.1, 0.15) is 12.6 Å². The van der Waals surface area contributed by atoms with Crippen LogP contribution in [0.4, 0.5) is 0 Å². The molecule has 2 N–H and O–H groups in total. The van der Waals surface area contributed by atoms with Crippen LogP contribution in [0, 0.1) is 0 Å². The maximum atomic E-state index is 11.0. The molecule has 82 valence electrons. The standard InChI is InChI=1S/C9H17NO4/c1-3-4-5-7(9(12)13)10-8(11)6-14-2/h7H,3-6H2,1-2H3,(H,10,11)(H,12,13)/t7-/m0/s1. The minimum atomic E-state index is -0.997. The first-order chi connectivity index (χ1) is 6.61. The number of unbranched alkanes of at least 4 members (excludes halogenated alkanes) is 1. The third kappa shape index (κ3) is 5.53. The van der Waals surface area contributed by atoms with Gasteiger partial charge in [0.25, 0.3) is 0 Å². The summed E-state index contributed by atoms with van der Waals surface area (Å²) in [5, 5.41) is 11.2. The second-order valence-corrected chi connectivity index (χ2v) is 3.03. The molecule has 0 bridgehead atoms. The maximum Gasteiger partial charge on any atom is 0.326 e. The number of carbonyl (C=O) groups is 2. The van der Waals surface area contributed by atoms with E-state index in [1.165, 1.54) is 7.11 Å². The van der Waals surface area contributed by atoms with Crippen molar-refractivity contribution < 1.29 is 19.4 Å². The third-order valence-corrected chi connectivity index (χ3v) is 1.76. The number of methoxy groups -OCH3 is 1. The number of carboxylic acid groups (broad SMARTS) is 1. The van der Waals surface area contributed by atoms with Crippen LogP contribution < -0.4 is 5.32 Å². The molecule has 1 amide bonds. The van der Waals surface area contributed by atoms with Gasteiger partial charge in [-0.1, -0.05) is 19.8 Å². The molecule has 5 heteroatoms. The number of aliphatic carboxylic acids is 1. The minimum Gasteiger partial charge on any atom is -0.480 e. The highest BCUT2D eigenvalue weighted by atomic mass is 16.5. The lowest BCUT2D eigenvalue weighted by Gasteiger charge is -2.13. The second-order valence-electron chi connectivity index (χ2n) is 3.03. The Morgan fingerprint density at radius 1 is 1.50 bits per heavy atom. The molecule has 0 aromatic heterocycles. The molecular weight excluding hydrogens is 186 g/mol. The number of carbonyl (C=O) groups excluding carboxylic acids is 1. The van der Waals surface area contributed by atoms with E-state index in [0.29, 0.717) is 6.42 Å². The van der Waals surface area contributed by atoms with E-state index < -0.39 is 17.9 Å². The van der Waals surface area contributed by atoms with Crippen LogP contribution in [0.15, 0.2) is 0 Å². The molecule has 0 saturated carbocycles. The van der Waals surface area contributed by atoms with Crippen LogP contribution in [-0.4, -0.2) is 36.7 Å². The first-order valence-electron chi connectivity index (χ1n) is 4.63. The highest BCUT2D eigenvalue weighted by Gasteiger charge is 2.18. The number of hydrogen-bond acceptors (Lipinski definition) is 3. The van der Waals surface area contributed by atoms with Crippen molar-refractivity contribution in [1.82, 2.24) is 5.32 Å². The Hall–Kier alpha value is -1.10. The van der Waals surface area contributed by atoms with Crippen molar-refractivity contribution in [3.8, 4) is 0 Å². The summed E-state index contributed by atoms with van der Waals surface area (Å²) in [6, 6.07) is -0.794. The molecule has 0 rings (SSSR count). The molecule has 0 fully saturated rings. The molecule has 0 saturated heterocycles. The van der Waals surface area contributed by atoms with Crippen molar-refractivity contribution in [1.29, 1.82) is 0 Å². The van der Waals surface area contributed by atoms with Gasteiger partial charge in [0.2, 0.25) is 5.91 Å². The van der Waals surface area contributed by atoms with E-state index in [9.17, 15) is 9.59 Å². The zero-order valence-corrected chi connectivity index (χ0v) is 8.58. The van der Waals surface area contributed by atoms with Gasteiger partial charge in [-0.3, -0.25) is 4.79 Å². The zero-order chi connectivity index (χ0) is 11.0. The minimum absolute atomic E-state index is 0.101. The Morgan fingerprint density at radius 3 is 2.57 bits per heavy atom. The van der Waals surface area contributed by atoms with E-state index >= 15 is 0 Å². The summed E-state index contributed by atoms with van der Waals surface area (Å²) in [6.07, 6.45) is 2.15. The van der Waals surface area contributed by atoms with E-state index in [0.717, 1.165) is 12.8 Å². The molecule has 0 spiro atoms. The van der Waals surface area contributed by atoms with E-state index in [1.807, 2.05) is 6.92 Å².